The maximum atomic E-state index is 11.6. The minimum atomic E-state index is -0.490. The quantitative estimate of drug-likeness (QED) is 0.901. The Bertz CT molecular complexity index is 453. The molecule has 1 rings (SSSR count). The van der Waals surface area contributed by atoms with E-state index in [4.69, 9.17) is 0 Å². The van der Waals surface area contributed by atoms with Crippen molar-refractivity contribution in [3.8, 4) is 0 Å². The second-order valence-electron chi connectivity index (χ2n) is 4.99. The zero-order valence-corrected chi connectivity index (χ0v) is 12.3. The summed E-state index contributed by atoms with van der Waals surface area (Å²) in [6.45, 7) is 5.38. The molecule has 0 aromatic heterocycles. The predicted molar refractivity (Wildman–Crippen MR) is 75.2 cm³/mol. The molecule has 2 amide bonds. The molecule has 1 aromatic rings. The Morgan fingerprint density at radius 2 is 1.94 bits per heavy atom. The molecule has 0 aliphatic heterocycles. The van der Waals surface area contributed by atoms with Gasteiger partial charge in [0, 0.05) is 15.6 Å². The fourth-order valence-electron chi connectivity index (χ4n) is 1.20. The SMILES string of the molecule is CC(C)(C)C(=O)NCC(=O)Nc1cccc(Br)c1. The van der Waals surface area contributed by atoms with E-state index in [2.05, 4.69) is 26.6 Å². The van der Waals surface area contributed by atoms with Crippen LogP contribution in [0.25, 0.3) is 0 Å². The second kappa shape index (κ2) is 6.00. The normalized spacial score (nSPS) is 10.9. The van der Waals surface area contributed by atoms with Crippen LogP contribution < -0.4 is 10.6 Å². The molecule has 0 atom stereocenters. The molecular formula is C13H17BrN2O2. The third-order valence-electron chi connectivity index (χ3n) is 2.20. The molecular weight excluding hydrogens is 296 g/mol. The number of hydrogen-bond acceptors (Lipinski definition) is 2. The van der Waals surface area contributed by atoms with Crippen molar-refractivity contribution < 1.29 is 9.59 Å². The highest BCUT2D eigenvalue weighted by atomic mass is 79.9. The van der Waals surface area contributed by atoms with Crippen LogP contribution in [0.1, 0.15) is 20.8 Å². The molecule has 0 spiro atoms. The van der Waals surface area contributed by atoms with E-state index >= 15 is 0 Å². The molecule has 5 heteroatoms. The van der Waals surface area contributed by atoms with E-state index in [1.54, 1.807) is 32.9 Å². The molecule has 0 aliphatic carbocycles. The first-order chi connectivity index (χ1) is 8.29. The molecule has 98 valence electrons. The molecule has 0 unspecified atom stereocenters. The average Bonchev–Trinajstić information content (AvgIpc) is 2.24. The number of anilines is 1. The van der Waals surface area contributed by atoms with Gasteiger partial charge in [-0.2, -0.15) is 0 Å². The van der Waals surface area contributed by atoms with Crippen molar-refractivity contribution in [3.63, 3.8) is 0 Å². The summed E-state index contributed by atoms with van der Waals surface area (Å²) in [6, 6.07) is 7.28. The highest BCUT2D eigenvalue weighted by molar-refractivity contribution is 9.10. The lowest BCUT2D eigenvalue weighted by Crippen LogP contribution is -2.39. The summed E-state index contributed by atoms with van der Waals surface area (Å²) in [7, 11) is 0. The Morgan fingerprint density at radius 1 is 1.28 bits per heavy atom. The fraction of sp³-hybridized carbons (Fsp3) is 0.385. The Kier molecular flexibility index (Phi) is 4.90. The Labute approximate surface area is 115 Å². The van der Waals surface area contributed by atoms with E-state index in [-0.39, 0.29) is 18.4 Å². The third kappa shape index (κ3) is 4.87. The van der Waals surface area contributed by atoms with Crippen LogP contribution in [0.5, 0.6) is 0 Å². The molecule has 0 saturated heterocycles. The lowest BCUT2D eigenvalue weighted by Gasteiger charge is -2.17. The second-order valence-corrected chi connectivity index (χ2v) is 5.91. The number of rotatable bonds is 3. The predicted octanol–water partition coefficient (Wildman–Crippen LogP) is 2.55. The Hall–Kier alpha value is -1.36. The lowest BCUT2D eigenvalue weighted by atomic mass is 9.96. The summed E-state index contributed by atoms with van der Waals surface area (Å²) in [6.07, 6.45) is 0. The standard InChI is InChI=1S/C13H17BrN2O2/c1-13(2,3)12(18)15-8-11(17)16-10-6-4-5-9(14)7-10/h4-7H,8H2,1-3H3,(H,15,18)(H,16,17). The van der Waals surface area contributed by atoms with E-state index < -0.39 is 5.41 Å². The molecule has 0 saturated carbocycles. The summed E-state index contributed by atoms with van der Waals surface area (Å²) in [5, 5.41) is 5.30. The van der Waals surface area contributed by atoms with Gasteiger partial charge in [-0.25, -0.2) is 0 Å². The van der Waals surface area contributed by atoms with Crippen molar-refractivity contribution in [3.05, 3.63) is 28.7 Å². The van der Waals surface area contributed by atoms with Gasteiger partial charge < -0.3 is 10.6 Å². The summed E-state index contributed by atoms with van der Waals surface area (Å²) in [5.41, 5.74) is 0.204. The lowest BCUT2D eigenvalue weighted by molar-refractivity contribution is -0.130. The van der Waals surface area contributed by atoms with Gasteiger partial charge in [0.1, 0.15) is 0 Å². The van der Waals surface area contributed by atoms with E-state index in [0.717, 1.165) is 4.47 Å². The minimum Gasteiger partial charge on any atom is -0.347 e. The monoisotopic (exact) mass is 312 g/mol. The molecule has 2 N–H and O–H groups in total. The highest BCUT2D eigenvalue weighted by Gasteiger charge is 2.21. The van der Waals surface area contributed by atoms with Crippen LogP contribution in [-0.4, -0.2) is 18.4 Å². The van der Waals surface area contributed by atoms with Gasteiger partial charge in [-0.3, -0.25) is 9.59 Å². The van der Waals surface area contributed by atoms with Crippen molar-refractivity contribution in [2.24, 2.45) is 5.41 Å². The third-order valence-corrected chi connectivity index (χ3v) is 2.69. The molecule has 0 heterocycles. The number of amides is 2. The van der Waals surface area contributed by atoms with Crippen molar-refractivity contribution in [1.29, 1.82) is 0 Å². The molecule has 0 fully saturated rings. The smallest absolute Gasteiger partial charge is 0.243 e. The maximum Gasteiger partial charge on any atom is 0.243 e. The number of carbonyl (C=O) groups is 2. The molecule has 0 aliphatic rings. The van der Waals surface area contributed by atoms with Crippen LogP contribution in [0.2, 0.25) is 0 Å². The number of nitrogens with one attached hydrogen (secondary N) is 2. The molecule has 1 aromatic carbocycles. The highest BCUT2D eigenvalue weighted by Crippen LogP contribution is 2.15. The Morgan fingerprint density at radius 3 is 2.50 bits per heavy atom. The summed E-state index contributed by atoms with van der Waals surface area (Å²) in [5.74, 6) is -0.391. The maximum absolute atomic E-state index is 11.6. The number of hydrogen-bond donors (Lipinski definition) is 2. The van der Waals surface area contributed by atoms with Crippen LogP contribution in [0, 0.1) is 5.41 Å². The van der Waals surface area contributed by atoms with Gasteiger partial charge in [0.25, 0.3) is 0 Å². The minimum absolute atomic E-state index is 0.0252. The van der Waals surface area contributed by atoms with Gasteiger partial charge in [0.2, 0.25) is 11.8 Å². The van der Waals surface area contributed by atoms with Gasteiger partial charge >= 0.3 is 0 Å². The first kappa shape index (κ1) is 14.7. The van der Waals surface area contributed by atoms with Crippen LogP contribution in [-0.2, 0) is 9.59 Å². The topological polar surface area (TPSA) is 58.2 Å². The van der Waals surface area contributed by atoms with Gasteiger partial charge in [-0.1, -0.05) is 42.8 Å². The summed E-state index contributed by atoms with van der Waals surface area (Å²) in [4.78, 5) is 23.2. The van der Waals surface area contributed by atoms with Crippen LogP contribution in [0.15, 0.2) is 28.7 Å². The van der Waals surface area contributed by atoms with Gasteiger partial charge in [0.05, 0.1) is 6.54 Å². The summed E-state index contributed by atoms with van der Waals surface area (Å²) >= 11 is 3.32. The van der Waals surface area contributed by atoms with E-state index in [1.165, 1.54) is 0 Å². The molecule has 0 radical (unpaired) electrons. The van der Waals surface area contributed by atoms with Crippen LogP contribution >= 0.6 is 15.9 Å². The Balaban J connectivity index is 2.46. The van der Waals surface area contributed by atoms with Crippen LogP contribution in [0.4, 0.5) is 5.69 Å². The molecule has 0 bridgehead atoms. The van der Waals surface area contributed by atoms with Crippen molar-refractivity contribution >= 4 is 33.4 Å². The van der Waals surface area contributed by atoms with E-state index in [9.17, 15) is 9.59 Å². The fourth-order valence-corrected chi connectivity index (χ4v) is 1.60. The first-order valence-electron chi connectivity index (χ1n) is 5.63. The number of halogens is 1. The van der Waals surface area contributed by atoms with E-state index in [1.807, 2.05) is 12.1 Å². The van der Waals surface area contributed by atoms with Gasteiger partial charge in [-0.15, -0.1) is 0 Å². The van der Waals surface area contributed by atoms with Crippen molar-refractivity contribution in [2.45, 2.75) is 20.8 Å². The average molecular weight is 313 g/mol. The van der Waals surface area contributed by atoms with E-state index in [0.29, 0.717) is 5.69 Å². The number of carbonyl (C=O) groups excluding carboxylic acids is 2. The van der Waals surface area contributed by atoms with Crippen LogP contribution in [0.3, 0.4) is 0 Å². The molecule has 18 heavy (non-hydrogen) atoms. The van der Waals surface area contributed by atoms with Gasteiger partial charge in [0.15, 0.2) is 0 Å². The largest absolute Gasteiger partial charge is 0.347 e. The number of benzene rings is 1. The first-order valence-corrected chi connectivity index (χ1v) is 6.42. The van der Waals surface area contributed by atoms with Crippen molar-refractivity contribution in [1.82, 2.24) is 5.32 Å². The summed E-state index contributed by atoms with van der Waals surface area (Å²) < 4.78 is 0.888. The van der Waals surface area contributed by atoms with Gasteiger partial charge in [-0.05, 0) is 18.2 Å². The molecule has 4 nitrogen and oxygen atoms in total. The zero-order chi connectivity index (χ0) is 13.8. The zero-order valence-electron chi connectivity index (χ0n) is 10.7. The van der Waals surface area contributed by atoms with Crippen molar-refractivity contribution in [2.75, 3.05) is 11.9 Å².